The standard InChI is InChI=1S/C62H84N12O15S/c1-32-5-14-39(15-6-32)71-21-23-72(24-22-71)40-16-12-38(13-17-40)60-70-69-59(90-60)37-10-8-36(9-11-37)54(82)65-43-27-41(76)29-64-58(86)52-53(81)33(2)30-74(52)62(88)51(46(79)19-20-63)68-57(85)50(47(80)25-35-7-18-45(78)48(26-35)89-4)67-56(84)44-28-42(77)31-73(44)61(87)49(34(3)75)66-55(43)83/h7-13,16-18,26,32-34,39,41-44,46-47,49-53,75-81H,5-6,14-15,19-25,27-31,63H2,1-4H3,(H,64,86)(H,65,82)(H,66,83)(H,67,84)(H,68,85)/t32?,33-,34+,39?,41+,42+,43?,44-,46+,47+,49-,50-,51-,52-,53-/m0/s1. The molecule has 1 unspecified atom stereocenters. The molecule has 27 nitrogen and oxygen atoms in total. The first-order valence-electron chi connectivity index (χ1n) is 30.8. The third-order valence-electron chi connectivity index (χ3n) is 18.0. The number of β-amino-alcohol motifs (C(OH)–C–C–N with tert-alkyl or cyclic N) is 1. The monoisotopic (exact) mass is 1270 g/mol. The minimum atomic E-state index is -2.02. The molecular formula is C62H84N12O15S. The summed E-state index contributed by atoms with van der Waals surface area (Å²) in [6, 6.07) is 8.36. The van der Waals surface area contributed by atoms with Crippen molar-refractivity contribution in [3.05, 3.63) is 77.9 Å². The number of benzene rings is 3. The maximum Gasteiger partial charge on any atom is 0.251 e. The van der Waals surface area contributed by atoms with Crippen molar-refractivity contribution in [1.29, 1.82) is 0 Å². The molecule has 7 amide bonds. The number of anilines is 1. The number of aliphatic hydroxyl groups is 6. The number of aromatic nitrogens is 2. The van der Waals surface area contributed by atoms with Gasteiger partial charge in [0.1, 0.15) is 46.3 Å². The minimum Gasteiger partial charge on any atom is -0.504 e. The summed E-state index contributed by atoms with van der Waals surface area (Å²) in [5.41, 5.74) is 8.79. The Bertz CT molecular complexity index is 3180. The Balaban J connectivity index is 0.947. The molecule has 14 N–H and O–H groups in total. The molecule has 488 valence electrons. The average molecular weight is 1270 g/mol. The zero-order valence-electron chi connectivity index (χ0n) is 50.9. The third-order valence-corrected chi connectivity index (χ3v) is 19.0. The largest absolute Gasteiger partial charge is 0.504 e. The number of hydrogen-bond acceptors (Lipinski definition) is 21. The summed E-state index contributed by atoms with van der Waals surface area (Å²) in [4.78, 5) is 108. The number of piperazine rings is 1. The fourth-order valence-corrected chi connectivity index (χ4v) is 13.5. The topological polar surface area (TPSA) is 395 Å². The molecule has 1 saturated carbocycles. The second-order valence-corrected chi connectivity index (χ2v) is 25.5. The molecule has 3 aromatic carbocycles. The van der Waals surface area contributed by atoms with Gasteiger partial charge < -0.3 is 87.5 Å². The van der Waals surface area contributed by atoms with E-state index in [1.165, 1.54) is 74.5 Å². The lowest BCUT2D eigenvalue weighted by Crippen LogP contribution is -2.64. The van der Waals surface area contributed by atoms with Gasteiger partial charge in [-0.2, -0.15) is 0 Å². The Morgan fingerprint density at radius 3 is 1.99 bits per heavy atom. The Labute approximate surface area is 525 Å². The number of amides is 7. The molecule has 4 saturated heterocycles. The molecule has 0 radical (unpaired) electrons. The number of aliphatic hydroxyl groups excluding tert-OH is 6. The van der Waals surface area contributed by atoms with Crippen LogP contribution in [0.25, 0.3) is 21.1 Å². The number of nitrogens with one attached hydrogen (secondary N) is 5. The molecule has 13 atom stereocenters. The minimum absolute atomic E-state index is 0.00121. The predicted octanol–water partition coefficient (Wildman–Crippen LogP) is -1.42. The second kappa shape index (κ2) is 29.7. The van der Waals surface area contributed by atoms with Crippen molar-refractivity contribution >= 4 is 58.4 Å². The first-order valence-corrected chi connectivity index (χ1v) is 31.6. The van der Waals surface area contributed by atoms with Crippen molar-refractivity contribution in [2.75, 3.05) is 64.4 Å². The first-order chi connectivity index (χ1) is 43.0. The first kappa shape index (κ1) is 67.0. The molecule has 5 aliphatic rings. The van der Waals surface area contributed by atoms with E-state index in [0.717, 1.165) is 60.1 Å². The fraction of sp³-hybridized carbons (Fsp3) is 0.565. The van der Waals surface area contributed by atoms with E-state index in [1.54, 1.807) is 19.1 Å². The summed E-state index contributed by atoms with van der Waals surface area (Å²) in [6.45, 7) is 7.40. The van der Waals surface area contributed by atoms with Crippen LogP contribution in [0.1, 0.15) is 81.6 Å². The summed E-state index contributed by atoms with van der Waals surface area (Å²) >= 11 is 1.36. The van der Waals surface area contributed by atoms with Gasteiger partial charge in [-0.25, -0.2) is 0 Å². The van der Waals surface area contributed by atoms with Gasteiger partial charge in [0.15, 0.2) is 11.5 Å². The van der Waals surface area contributed by atoms with Gasteiger partial charge in [0.25, 0.3) is 5.91 Å². The quantitative estimate of drug-likeness (QED) is 0.0689. The van der Waals surface area contributed by atoms with Gasteiger partial charge in [-0.05, 0) is 106 Å². The number of rotatable bonds is 14. The van der Waals surface area contributed by atoms with Gasteiger partial charge in [-0.15, -0.1) is 10.2 Å². The third kappa shape index (κ3) is 15.7. The number of hydrogen-bond donors (Lipinski definition) is 13. The van der Waals surface area contributed by atoms with E-state index in [4.69, 9.17) is 10.5 Å². The number of carbonyl (C=O) groups is 7. The van der Waals surface area contributed by atoms with Crippen LogP contribution in [0.5, 0.6) is 11.5 Å². The van der Waals surface area contributed by atoms with Crippen molar-refractivity contribution < 1.29 is 74.0 Å². The Hall–Kier alpha value is -7.41. The summed E-state index contributed by atoms with van der Waals surface area (Å²) in [5, 5.41) is 101. The van der Waals surface area contributed by atoms with Crippen molar-refractivity contribution in [2.45, 2.75) is 151 Å². The van der Waals surface area contributed by atoms with E-state index in [-0.39, 0.29) is 42.1 Å². The second-order valence-electron chi connectivity index (χ2n) is 24.6. The van der Waals surface area contributed by atoms with Crippen LogP contribution in [0, 0.1) is 11.8 Å². The number of phenolic OH excluding ortho intramolecular Hbond substituents is 1. The highest BCUT2D eigenvalue weighted by Crippen LogP contribution is 2.34. The van der Waals surface area contributed by atoms with Crippen molar-refractivity contribution in [2.24, 2.45) is 17.6 Å². The van der Waals surface area contributed by atoms with Crippen LogP contribution in [0.2, 0.25) is 0 Å². The van der Waals surface area contributed by atoms with E-state index in [1.807, 2.05) is 12.1 Å². The molecule has 4 aliphatic heterocycles. The number of ether oxygens (including phenoxy) is 1. The van der Waals surface area contributed by atoms with Crippen molar-refractivity contribution in [3.8, 4) is 32.6 Å². The Morgan fingerprint density at radius 1 is 0.733 bits per heavy atom. The molecule has 28 heteroatoms. The predicted molar refractivity (Wildman–Crippen MR) is 329 cm³/mol. The average Bonchev–Trinajstić information content (AvgIpc) is 1.93. The van der Waals surface area contributed by atoms with E-state index in [9.17, 15) is 69.3 Å². The Morgan fingerprint density at radius 2 is 1.36 bits per heavy atom. The lowest BCUT2D eigenvalue weighted by molar-refractivity contribution is -0.147. The molecule has 0 bridgehead atoms. The smallest absolute Gasteiger partial charge is 0.251 e. The number of carbonyl (C=O) groups excluding carboxylic acids is 7. The zero-order chi connectivity index (χ0) is 64.7. The lowest BCUT2D eigenvalue weighted by atomic mass is 9.86. The molecule has 4 aromatic rings. The van der Waals surface area contributed by atoms with E-state index in [2.05, 4.69) is 65.6 Å². The highest BCUT2D eigenvalue weighted by molar-refractivity contribution is 7.17. The van der Waals surface area contributed by atoms with Crippen LogP contribution in [-0.4, -0.2) is 240 Å². The maximum absolute atomic E-state index is 14.7. The summed E-state index contributed by atoms with van der Waals surface area (Å²) in [5.74, 6) is -7.68. The number of nitrogens with two attached hydrogens (primary N) is 1. The number of nitrogens with zero attached hydrogens (tertiary/aromatic N) is 6. The molecule has 5 fully saturated rings. The molecule has 1 aromatic heterocycles. The van der Waals surface area contributed by atoms with Crippen LogP contribution < -0.4 is 42.0 Å². The van der Waals surface area contributed by atoms with Crippen molar-refractivity contribution in [1.82, 2.24) is 51.5 Å². The summed E-state index contributed by atoms with van der Waals surface area (Å²) < 4.78 is 5.20. The van der Waals surface area contributed by atoms with Crippen LogP contribution >= 0.6 is 11.3 Å². The number of methoxy groups -OCH3 is 1. The SMILES string of the molecule is COc1cc(C[C@@H](O)[C@@H]2NC(=O)[C@@H]3C[C@@H](O)CN3C(=O)[C@H]([C@@H](C)O)NC(=O)C(NC(=O)c3ccc(-c4nnc(-c5ccc(N6CCN(C7CCC(C)CC7)CC6)cc5)s4)cc3)C[C@@H](O)CNC(=O)[C@@H]3[C@@H](O)[C@@H](C)CN3C(=O)[C@H]([C@H](O)CCN)NC2=O)ccc1O. The van der Waals surface area contributed by atoms with Crippen LogP contribution in [0.15, 0.2) is 66.7 Å². The van der Waals surface area contributed by atoms with Crippen molar-refractivity contribution in [3.63, 3.8) is 0 Å². The number of aromatic hydroxyl groups is 1. The lowest BCUT2D eigenvalue weighted by Gasteiger charge is -2.42. The van der Waals surface area contributed by atoms with E-state index < -0.39 is 152 Å². The number of fused-ring (bicyclic) bond motifs is 2. The molecule has 5 heterocycles. The van der Waals surface area contributed by atoms with Crippen LogP contribution in [0.4, 0.5) is 5.69 Å². The highest BCUT2D eigenvalue weighted by atomic mass is 32.1. The van der Waals surface area contributed by atoms with Gasteiger partial charge in [0.2, 0.25) is 35.4 Å². The molecular weight excluding hydrogens is 1180 g/mol. The van der Waals surface area contributed by atoms with Crippen LogP contribution in [0.3, 0.4) is 0 Å². The zero-order valence-corrected chi connectivity index (χ0v) is 51.7. The fourth-order valence-electron chi connectivity index (χ4n) is 12.7. The van der Waals surface area contributed by atoms with Gasteiger partial charge in [0, 0.05) is 99.4 Å². The van der Waals surface area contributed by atoms with Gasteiger partial charge in [-0.3, -0.25) is 38.5 Å². The Kier molecular flexibility index (Phi) is 22.1. The normalized spacial score (nSPS) is 28.9. The number of phenols is 1. The summed E-state index contributed by atoms with van der Waals surface area (Å²) in [7, 11) is 1.28. The van der Waals surface area contributed by atoms with Gasteiger partial charge in [-0.1, -0.05) is 43.4 Å². The van der Waals surface area contributed by atoms with Gasteiger partial charge in [0.05, 0.1) is 43.7 Å². The van der Waals surface area contributed by atoms with Gasteiger partial charge >= 0.3 is 0 Å². The molecule has 1 aliphatic carbocycles. The summed E-state index contributed by atoms with van der Waals surface area (Å²) in [6.07, 6.45) is -6.56. The highest BCUT2D eigenvalue weighted by Gasteiger charge is 2.50. The van der Waals surface area contributed by atoms with E-state index in [0.29, 0.717) is 21.6 Å². The molecule has 0 spiro atoms. The molecule has 9 rings (SSSR count). The van der Waals surface area contributed by atoms with E-state index >= 15 is 0 Å². The molecule has 90 heavy (non-hydrogen) atoms. The van der Waals surface area contributed by atoms with Crippen LogP contribution in [-0.2, 0) is 35.2 Å². The maximum atomic E-state index is 14.7.